The van der Waals surface area contributed by atoms with Crippen molar-refractivity contribution in [3.05, 3.63) is 54.6 Å². The first kappa shape index (κ1) is 19.5. The van der Waals surface area contributed by atoms with Gasteiger partial charge in [-0.25, -0.2) is 4.79 Å². The van der Waals surface area contributed by atoms with E-state index in [0.29, 0.717) is 39.4 Å². The van der Waals surface area contributed by atoms with Crippen LogP contribution in [0.2, 0.25) is 0 Å². The Kier molecular flexibility index (Phi) is 6.10. The predicted molar refractivity (Wildman–Crippen MR) is 113 cm³/mol. The standard InChI is InChI=1S/C23H27N3O3/c27-22(25-14-16-29-17-15-25)20-10-12-26(13-11-20)23(28)24-21-8-6-19(7-9-21)18-4-2-1-3-5-18/h1-9,20H,10-17H2,(H,24,28). The van der Waals surface area contributed by atoms with Crippen molar-refractivity contribution < 1.29 is 14.3 Å². The lowest BCUT2D eigenvalue weighted by Crippen LogP contribution is -2.48. The summed E-state index contributed by atoms with van der Waals surface area (Å²) in [7, 11) is 0. The lowest BCUT2D eigenvalue weighted by atomic mass is 9.95. The molecule has 152 valence electrons. The molecule has 29 heavy (non-hydrogen) atoms. The summed E-state index contributed by atoms with van der Waals surface area (Å²) >= 11 is 0. The van der Waals surface area contributed by atoms with Crippen molar-refractivity contribution in [1.29, 1.82) is 0 Å². The molecule has 0 spiro atoms. The number of hydrogen-bond donors (Lipinski definition) is 1. The fourth-order valence-electron chi connectivity index (χ4n) is 3.95. The summed E-state index contributed by atoms with van der Waals surface area (Å²) in [4.78, 5) is 28.9. The molecule has 1 N–H and O–H groups in total. The Morgan fingerprint density at radius 1 is 0.793 bits per heavy atom. The molecule has 0 bridgehead atoms. The van der Waals surface area contributed by atoms with Crippen LogP contribution in [0.1, 0.15) is 12.8 Å². The van der Waals surface area contributed by atoms with Crippen molar-refractivity contribution in [3.8, 4) is 11.1 Å². The van der Waals surface area contributed by atoms with E-state index in [2.05, 4.69) is 17.4 Å². The number of nitrogens with one attached hydrogen (secondary N) is 1. The summed E-state index contributed by atoms with van der Waals surface area (Å²) in [5.74, 6) is 0.229. The van der Waals surface area contributed by atoms with Crippen molar-refractivity contribution in [2.45, 2.75) is 12.8 Å². The first-order valence-electron chi connectivity index (χ1n) is 10.3. The maximum atomic E-state index is 12.6. The molecule has 0 radical (unpaired) electrons. The Morgan fingerprint density at radius 2 is 1.41 bits per heavy atom. The number of carbonyl (C=O) groups is 2. The minimum absolute atomic E-state index is 0.0160. The molecule has 4 rings (SSSR count). The van der Waals surface area contributed by atoms with Crippen LogP contribution in [-0.4, -0.2) is 61.1 Å². The number of amides is 3. The molecule has 0 atom stereocenters. The number of carbonyl (C=O) groups excluding carboxylic acids is 2. The van der Waals surface area contributed by atoms with Gasteiger partial charge in [0.2, 0.25) is 5.91 Å². The third-order valence-corrected chi connectivity index (χ3v) is 5.70. The van der Waals surface area contributed by atoms with E-state index < -0.39 is 0 Å². The van der Waals surface area contributed by atoms with Gasteiger partial charge in [0.05, 0.1) is 13.2 Å². The van der Waals surface area contributed by atoms with Crippen LogP contribution in [0.5, 0.6) is 0 Å². The molecule has 2 aliphatic rings. The molecule has 0 unspecified atom stereocenters. The summed E-state index contributed by atoms with van der Waals surface area (Å²) in [6, 6.07) is 17.9. The van der Waals surface area contributed by atoms with Gasteiger partial charge >= 0.3 is 6.03 Å². The van der Waals surface area contributed by atoms with Gasteiger partial charge in [-0.3, -0.25) is 4.79 Å². The molecule has 2 heterocycles. The summed E-state index contributed by atoms with van der Waals surface area (Å²) in [6.07, 6.45) is 1.44. The van der Waals surface area contributed by atoms with E-state index in [4.69, 9.17) is 4.74 Å². The first-order valence-corrected chi connectivity index (χ1v) is 10.3. The minimum atomic E-state index is -0.102. The summed E-state index contributed by atoms with van der Waals surface area (Å²) < 4.78 is 5.32. The van der Waals surface area contributed by atoms with Crippen LogP contribution in [0.15, 0.2) is 54.6 Å². The van der Waals surface area contributed by atoms with Gasteiger partial charge in [0.15, 0.2) is 0 Å². The number of ether oxygens (including phenoxy) is 1. The van der Waals surface area contributed by atoms with Gasteiger partial charge in [-0.05, 0) is 36.1 Å². The van der Waals surface area contributed by atoms with Crippen LogP contribution in [0.3, 0.4) is 0 Å². The molecule has 2 aromatic carbocycles. The largest absolute Gasteiger partial charge is 0.378 e. The first-order chi connectivity index (χ1) is 14.2. The molecule has 2 fully saturated rings. The van der Waals surface area contributed by atoms with Crippen molar-refractivity contribution >= 4 is 17.6 Å². The second-order valence-corrected chi connectivity index (χ2v) is 7.57. The third kappa shape index (κ3) is 4.77. The third-order valence-electron chi connectivity index (χ3n) is 5.70. The second-order valence-electron chi connectivity index (χ2n) is 7.57. The lowest BCUT2D eigenvalue weighted by molar-refractivity contribution is -0.140. The van der Waals surface area contributed by atoms with Gasteiger partial charge in [0.25, 0.3) is 0 Å². The van der Waals surface area contributed by atoms with Gasteiger partial charge in [0.1, 0.15) is 0 Å². The predicted octanol–water partition coefficient (Wildman–Crippen LogP) is 3.46. The van der Waals surface area contributed by atoms with E-state index in [9.17, 15) is 9.59 Å². The molecule has 2 aliphatic heterocycles. The smallest absolute Gasteiger partial charge is 0.321 e. The van der Waals surface area contributed by atoms with Crippen LogP contribution >= 0.6 is 0 Å². The van der Waals surface area contributed by atoms with Gasteiger partial charge in [-0.15, -0.1) is 0 Å². The highest BCUT2D eigenvalue weighted by Gasteiger charge is 2.30. The summed E-state index contributed by atoms with van der Waals surface area (Å²) in [5.41, 5.74) is 3.05. The summed E-state index contributed by atoms with van der Waals surface area (Å²) in [6.45, 7) is 3.81. The zero-order chi connectivity index (χ0) is 20.1. The Morgan fingerprint density at radius 3 is 2.07 bits per heavy atom. The van der Waals surface area contributed by atoms with Gasteiger partial charge in [-0.1, -0.05) is 42.5 Å². The van der Waals surface area contributed by atoms with Crippen molar-refractivity contribution in [2.24, 2.45) is 5.92 Å². The Labute approximate surface area is 171 Å². The number of hydrogen-bond acceptors (Lipinski definition) is 3. The molecular formula is C23H27N3O3. The van der Waals surface area contributed by atoms with Crippen molar-refractivity contribution in [3.63, 3.8) is 0 Å². The number of anilines is 1. The number of rotatable bonds is 3. The molecule has 2 aromatic rings. The van der Waals surface area contributed by atoms with Crippen LogP contribution in [-0.2, 0) is 9.53 Å². The molecule has 6 nitrogen and oxygen atoms in total. The molecule has 2 saturated heterocycles. The van der Waals surface area contributed by atoms with E-state index >= 15 is 0 Å². The highest BCUT2D eigenvalue weighted by atomic mass is 16.5. The Balaban J connectivity index is 1.28. The minimum Gasteiger partial charge on any atom is -0.378 e. The molecule has 3 amide bonds. The van der Waals surface area contributed by atoms with E-state index in [1.54, 1.807) is 4.90 Å². The maximum absolute atomic E-state index is 12.6. The Bertz CT molecular complexity index is 824. The molecular weight excluding hydrogens is 366 g/mol. The maximum Gasteiger partial charge on any atom is 0.321 e. The Hall–Kier alpha value is -2.86. The number of morpholine rings is 1. The highest BCUT2D eigenvalue weighted by molar-refractivity contribution is 5.90. The van der Waals surface area contributed by atoms with Gasteiger partial charge in [-0.2, -0.15) is 0 Å². The number of nitrogens with zero attached hydrogens (tertiary/aromatic N) is 2. The zero-order valence-electron chi connectivity index (χ0n) is 16.5. The lowest BCUT2D eigenvalue weighted by Gasteiger charge is -2.35. The van der Waals surface area contributed by atoms with Gasteiger partial charge in [0, 0.05) is 37.8 Å². The van der Waals surface area contributed by atoms with Crippen molar-refractivity contribution in [2.75, 3.05) is 44.7 Å². The molecule has 0 aromatic heterocycles. The van der Waals surface area contributed by atoms with Crippen LogP contribution in [0.4, 0.5) is 10.5 Å². The fourth-order valence-corrected chi connectivity index (χ4v) is 3.95. The van der Waals surface area contributed by atoms with E-state index in [0.717, 1.165) is 29.7 Å². The SMILES string of the molecule is O=C(Nc1ccc(-c2ccccc2)cc1)N1CCC(C(=O)N2CCOCC2)CC1. The number of likely N-dealkylation sites (tertiary alicyclic amines) is 1. The highest BCUT2D eigenvalue weighted by Crippen LogP contribution is 2.23. The quantitative estimate of drug-likeness (QED) is 0.869. The average Bonchev–Trinajstić information content (AvgIpc) is 2.80. The average molecular weight is 393 g/mol. The topological polar surface area (TPSA) is 61.9 Å². The van der Waals surface area contributed by atoms with Crippen LogP contribution in [0.25, 0.3) is 11.1 Å². The molecule has 0 aliphatic carbocycles. The zero-order valence-corrected chi connectivity index (χ0v) is 16.5. The summed E-state index contributed by atoms with van der Waals surface area (Å²) in [5, 5.41) is 2.97. The van der Waals surface area contributed by atoms with E-state index in [1.165, 1.54) is 0 Å². The fraction of sp³-hybridized carbons (Fsp3) is 0.391. The van der Waals surface area contributed by atoms with E-state index in [-0.39, 0.29) is 17.9 Å². The van der Waals surface area contributed by atoms with Crippen LogP contribution < -0.4 is 5.32 Å². The van der Waals surface area contributed by atoms with E-state index in [1.807, 2.05) is 47.4 Å². The number of benzene rings is 2. The molecule has 0 saturated carbocycles. The normalized spacial score (nSPS) is 17.8. The number of piperidine rings is 1. The molecule has 6 heteroatoms. The van der Waals surface area contributed by atoms with Gasteiger partial charge < -0.3 is 19.9 Å². The monoisotopic (exact) mass is 393 g/mol. The van der Waals surface area contributed by atoms with Crippen LogP contribution in [0, 0.1) is 5.92 Å². The second kappa shape index (κ2) is 9.09. The number of urea groups is 1. The van der Waals surface area contributed by atoms with Crippen molar-refractivity contribution in [1.82, 2.24) is 9.80 Å².